The van der Waals surface area contributed by atoms with E-state index >= 15 is 0 Å². The molecule has 0 aliphatic heterocycles. The number of unbranched alkanes of at least 4 members (excludes halogenated alkanes) is 3. The number of carbonyl (C=O) groups excluding carboxylic acids is 1. The number of carbonyl (C=O) groups is 1. The fraction of sp³-hybridized carbons (Fsp3) is 0.955. The molecule has 0 saturated heterocycles. The third-order valence-electron chi connectivity index (χ3n) is 6.58. The van der Waals surface area contributed by atoms with Gasteiger partial charge in [0, 0.05) is 5.92 Å². The van der Waals surface area contributed by atoms with E-state index in [-0.39, 0.29) is 0 Å². The van der Waals surface area contributed by atoms with Crippen LogP contribution in [0.3, 0.4) is 0 Å². The van der Waals surface area contributed by atoms with Crippen LogP contribution < -0.4 is 0 Å². The lowest BCUT2D eigenvalue weighted by Gasteiger charge is -2.29. The van der Waals surface area contributed by atoms with Crippen LogP contribution in [0.2, 0.25) is 0 Å². The summed E-state index contributed by atoms with van der Waals surface area (Å²) in [5.74, 6) is 3.34. The van der Waals surface area contributed by atoms with Crippen molar-refractivity contribution in [2.75, 3.05) is 0 Å². The minimum absolute atomic E-state index is 0.385. The maximum Gasteiger partial charge on any atom is 0.123 e. The fourth-order valence-electron chi connectivity index (χ4n) is 5.27. The van der Waals surface area contributed by atoms with Gasteiger partial charge in [-0.3, -0.25) is 0 Å². The third-order valence-corrected chi connectivity index (χ3v) is 6.58. The van der Waals surface area contributed by atoms with Crippen molar-refractivity contribution in [1.82, 2.24) is 0 Å². The molecular formula is C22H40O. The fourth-order valence-corrected chi connectivity index (χ4v) is 5.27. The van der Waals surface area contributed by atoms with E-state index in [1.807, 2.05) is 0 Å². The third kappa shape index (κ3) is 7.40. The van der Waals surface area contributed by atoms with Crippen LogP contribution in [0.1, 0.15) is 110 Å². The molecule has 0 bridgehead atoms. The average molecular weight is 321 g/mol. The maximum absolute atomic E-state index is 10.9. The van der Waals surface area contributed by atoms with Gasteiger partial charge < -0.3 is 4.79 Å². The summed E-state index contributed by atoms with van der Waals surface area (Å²) in [5.41, 5.74) is 0. The van der Waals surface area contributed by atoms with Crippen molar-refractivity contribution < 1.29 is 4.79 Å². The van der Waals surface area contributed by atoms with Crippen LogP contribution in [0, 0.1) is 23.7 Å². The van der Waals surface area contributed by atoms with E-state index in [1.165, 1.54) is 103 Å². The Kier molecular flexibility index (Phi) is 9.31. The van der Waals surface area contributed by atoms with Crippen LogP contribution in [0.15, 0.2) is 0 Å². The minimum atomic E-state index is 0.385. The van der Waals surface area contributed by atoms with Gasteiger partial charge in [0.05, 0.1) is 0 Å². The molecule has 0 aromatic rings. The zero-order chi connectivity index (χ0) is 16.3. The Balaban J connectivity index is 1.47. The van der Waals surface area contributed by atoms with Gasteiger partial charge in [-0.2, -0.15) is 0 Å². The second-order valence-corrected chi connectivity index (χ2v) is 8.61. The Labute approximate surface area is 145 Å². The summed E-state index contributed by atoms with van der Waals surface area (Å²) in [5, 5.41) is 0. The van der Waals surface area contributed by atoms with Gasteiger partial charge in [-0.05, 0) is 37.0 Å². The number of hydrogen-bond donors (Lipinski definition) is 0. The highest BCUT2D eigenvalue weighted by Gasteiger charge is 2.22. The SMILES string of the molecule is CCCC1CCCC(CCCCCCC2CCCC(C=O)C2)C1. The highest BCUT2D eigenvalue weighted by Crippen LogP contribution is 2.35. The molecule has 134 valence electrons. The van der Waals surface area contributed by atoms with E-state index < -0.39 is 0 Å². The zero-order valence-electron chi connectivity index (χ0n) is 15.6. The second kappa shape index (κ2) is 11.3. The van der Waals surface area contributed by atoms with E-state index in [0.29, 0.717) is 5.92 Å². The Morgan fingerprint density at radius 1 is 0.739 bits per heavy atom. The molecule has 0 N–H and O–H groups in total. The Morgan fingerprint density at radius 2 is 1.30 bits per heavy atom. The molecule has 2 rings (SSSR count). The largest absolute Gasteiger partial charge is 0.303 e. The van der Waals surface area contributed by atoms with Gasteiger partial charge in [0.1, 0.15) is 6.29 Å². The molecule has 2 fully saturated rings. The first-order valence-electron chi connectivity index (χ1n) is 10.8. The van der Waals surface area contributed by atoms with Crippen LogP contribution in [-0.4, -0.2) is 6.29 Å². The lowest BCUT2D eigenvalue weighted by molar-refractivity contribution is -0.112. The van der Waals surface area contributed by atoms with Crippen LogP contribution in [0.5, 0.6) is 0 Å². The first kappa shape index (κ1) is 19.0. The zero-order valence-corrected chi connectivity index (χ0v) is 15.6. The average Bonchev–Trinajstić information content (AvgIpc) is 2.59. The highest BCUT2D eigenvalue weighted by molar-refractivity contribution is 5.53. The molecule has 23 heavy (non-hydrogen) atoms. The molecule has 4 atom stereocenters. The lowest BCUT2D eigenvalue weighted by atomic mass is 9.77. The minimum Gasteiger partial charge on any atom is -0.303 e. The Bertz CT molecular complexity index is 309. The topological polar surface area (TPSA) is 17.1 Å². The number of hydrogen-bond acceptors (Lipinski definition) is 1. The van der Waals surface area contributed by atoms with Gasteiger partial charge in [-0.15, -0.1) is 0 Å². The quantitative estimate of drug-likeness (QED) is 0.315. The first-order chi connectivity index (χ1) is 11.3. The molecule has 0 aromatic carbocycles. The van der Waals surface area contributed by atoms with Crippen molar-refractivity contribution in [3.05, 3.63) is 0 Å². The summed E-state index contributed by atoms with van der Waals surface area (Å²) in [7, 11) is 0. The summed E-state index contributed by atoms with van der Waals surface area (Å²) >= 11 is 0. The van der Waals surface area contributed by atoms with Gasteiger partial charge in [-0.1, -0.05) is 90.4 Å². The second-order valence-electron chi connectivity index (χ2n) is 8.61. The Morgan fingerprint density at radius 3 is 1.91 bits per heavy atom. The van der Waals surface area contributed by atoms with Crippen LogP contribution >= 0.6 is 0 Å². The van der Waals surface area contributed by atoms with Crippen molar-refractivity contribution in [2.24, 2.45) is 23.7 Å². The van der Waals surface area contributed by atoms with E-state index in [1.54, 1.807) is 0 Å². The summed E-state index contributed by atoms with van der Waals surface area (Å²) in [6.45, 7) is 2.34. The predicted octanol–water partition coefficient (Wildman–Crippen LogP) is 6.94. The molecular weight excluding hydrogens is 280 g/mol. The summed E-state index contributed by atoms with van der Waals surface area (Å²) < 4.78 is 0. The van der Waals surface area contributed by atoms with E-state index in [2.05, 4.69) is 6.92 Å². The van der Waals surface area contributed by atoms with Crippen molar-refractivity contribution in [1.29, 1.82) is 0 Å². The lowest BCUT2D eigenvalue weighted by Crippen LogP contribution is -2.16. The van der Waals surface area contributed by atoms with Crippen molar-refractivity contribution >= 4 is 6.29 Å². The van der Waals surface area contributed by atoms with Gasteiger partial charge >= 0.3 is 0 Å². The maximum atomic E-state index is 10.9. The predicted molar refractivity (Wildman–Crippen MR) is 99.6 cm³/mol. The number of rotatable bonds is 10. The molecule has 0 radical (unpaired) electrons. The van der Waals surface area contributed by atoms with Crippen molar-refractivity contribution in [2.45, 2.75) is 110 Å². The molecule has 0 heterocycles. The standard InChI is InChI=1S/C22H40O/c1-2-9-19-12-7-13-20(16-19)10-5-3-4-6-11-21-14-8-15-22(17-21)18-23/h18-22H,2-17H2,1H3. The summed E-state index contributed by atoms with van der Waals surface area (Å²) in [6.07, 6.45) is 23.7. The number of aldehydes is 1. The van der Waals surface area contributed by atoms with Gasteiger partial charge in [0.15, 0.2) is 0 Å². The molecule has 2 saturated carbocycles. The van der Waals surface area contributed by atoms with Crippen LogP contribution in [-0.2, 0) is 4.79 Å². The molecule has 0 amide bonds. The monoisotopic (exact) mass is 320 g/mol. The molecule has 0 spiro atoms. The van der Waals surface area contributed by atoms with Crippen molar-refractivity contribution in [3.8, 4) is 0 Å². The first-order valence-corrected chi connectivity index (χ1v) is 10.8. The molecule has 2 aliphatic carbocycles. The van der Waals surface area contributed by atoms with Crippen molar-refractivity contribution in [3.63, 3.8) is 0 Å². The molecule has 1 heteroatoms. The van der Waals surface area contributed by atoms with Gasteiger partial charge in [0.2, 0.25) is 0 Å². The summed E-state index contributed by atoms with van der Waals surface area (Å²) in [4.78, 5) is 10.9. The van der Waals surface area contributed by atoms with Gasteiger partial charge in [0.25, 0.3) is 0 Å². The molecule has 0 aromatic heterocycles. The van der Waals surface area contributed by atoms with Gasteiger partial charge in [-0.25, -0.2) is 0 Å². The van der Waals surface area contributed by atoms with Crippen LogP contribution in [0.4, 0.5) is 0 Å². The highest BCUT2D eigenvalue weighted by atomic mass is 16.1. The van der Waals surface area contributed by atoms with E-state index in [4.69, 9.17) is 0 Å². The molecule has 1 nitrogen and oxygen atoms in total. The summed E-state index contributed by atoms with van der Waals surface area (Å²) in [6, 6.07) is 0. The normalized spacial score (nSPS) is 31.9. The Hall–Kier alpha value is -0.330. The molecule has 2 aliphatic rings. The van der Waals surface area contributed by atoms with E-state index in [9.17, 15) is 4.79 Å². The van der Waals surface area contributed by atoms with E-state index in [0.717, 1.165) is 24.2 Å². The van der Waals surface area contributed by atoms with Crippen LogP contribution in [0.25, 0.3) is 0 Å². The molecule has 4 unspecified atom stereocenters. The smallest absolute Gasteiger partial charge is 0.123 e.